The largest absolute Gasteiger partial charge is 0.299 e. The Kier molecular flexibility index (Phi) is 6.03. The highest BCUT2D eigenvalue weighted by atomic mass is 16.1. The summed E-state index contributed by atoms with van der Waals surface area (Å²) in [6.07, 6.45) is 14.8. The van der Waals surface area contributed by atoms with E-state index in [9.17, 15) is 4.79 Å². The highest BCUT2D eigenvalue weighted by molar-refractivity contribution is 5.85. The zero-order valence-corrected chi connectivity index (χ0v) is 21.2. The van der Waals surface area contributed by atoms with Crippen molar-refractivity contribution < 1.29 is 4.79 Å². The van der Waals surface area contributed by atoms with Gasteiger partial charge in [-0.05, 0) is 97.2 Å². The SMILES string of the molecule is CC(C)CCC[C@@H](C)[C@H]1CC[C@H]2[C@@H]3CCC4C(C)(C)C(=O)CC[C@]4(C)[C@H]3CC[C@]12C. The van der Waals surface area contributed by atoms with Crippen molar-refractivity contribution in [3.8, 4) is 0 Å². The zero-order valence-electron chi connectivity index (χ0n) is 21.2. The van der Waals surface area contributed by atoms with Crippen LogP contribution in [0, 0.1) is 57.7 Å². The van der Waals surface area contributed by atoms with Gasteiger partial charge in [0, 0.05) is 11.8 Å². The molecule has 0 saturated heterocycles. The van der Waals surface area contributed by atoms with Gasteiger partial charge in [-0.1, -0.05) is 67.7 Å². The van der Waals surface area contributed by atoms with Gasteiger partial charge in [-0.25, -0.2) is 0 Å². The van der Waals surface area contributed by atoms with Gasteiger partial charge in [0.2, 0.25) is 0 Å². The molecule has 4 rings (SSSR count). The van der Waals surface area contributed by atoms with Crippen LogP contribution in [0.4, 0.5) is 0 Å². The van der Waals surface area contributed by atoms with E-state index in [-0.39, 0.29) is 5.41 Å². The number of hydrogen-bond donors (Lipinski definition) is 0. The summed E-state index contributed by atoms with van der Waals surface area (Å²) in [5.74, 6) is 6.61. The Bertz CT molecular complexity index is 647. The van der Waals surface area contributed by atoms with Crippen LogP contribution in [-0.2, 0) is 4.79 Å². The van der Waals surface area contributed by atoms with Gasteiger partial charge in [0.25, 0.3) is 0 Å². The van der Waals surface area contributed by atoms with Crippen LogP contribution in [0.5, 0.6) is 0 Å². The summed E-state index contributed by atoms with van der Waals surface area (Å²) >= 11 is 0. The van der Waals surface area contributed by atoms with Crippen LogP contribution in [0.3, 0.4) is 0 Å². The summed E-state index contributed by atoms with van der Waals surface area (Å²) in [5, 5.41) is 0. The summed E-state index contributed by atoms with van der Waals surface area (Å²) in [4.78, 5) is 12.8. The predicted octanol–water partition coefficient (Wildman–Crippen LogP) is 8.31. The topological polar surface area (TPSA) is 17.1 Å². The van der Waals surface area contributed by atoms with Crippen molar-refractivity contribution in [2.45, 2.75) is 119 Å². The fourth-order valence-corrected chi connectivity index (χ4v) is 9.92. The number of rotatable bonds is 5. The minimum Gasteiger partial charge on any atom is -0.299 e. The van der Waals surface area contributed by atoms with E-state index in [2.05, 4.69) is 48.5 Å². The molecule has 4 fully saturated rings. The minimum atomic E-state index is -0.0954. The van der Waals surface area contributed by atoms with Crippen molar-refractivity contribution in [2.24, 2.45) is 57.7 Å². The molecule has 0 heterocycles. The van der Waals surface area contributed by atoms with Gasteiger partial charge in [-0.15, -0.1) is 0 Å². The molecule has 1 nitrogen and oxygen atoms in total. The number of Topliss-reactive ketones (excluding diaryl/α,β-unsaturated/α-hetero) is 1. The van der Waals surface area contributed by atoms with E-state index in [1.807, 2.05) is 0 Å². The van der Waals surface area contributed by atoms with E-state index in [0.29, 0.717) is 22.5 Å². The van der Waals surface area contributed by atoms with Crippen molar-refractivity contribution in [3.63, 3.8) is 0 Å². The Morgan fingerprint density at radius 2 is 1.53 bits per heavy atom. The fraction of sp³-hybridized carbons (Fsp3) is 0.966. The molecule has 1 heteroatoms. The second kappa shape index (κ2) is 7.91. The predicted molar refractivity (Wildman–Crippen MR) is 127 cm³/mol. The van der Waals surface area contributed by atoms with Crippen molar-refractivity contribution in [1.29, 1.82) is 0 Å². The number of ketones is 1. The summed E-state index contributed by atoms with van der Waals surface area (Å²) in [6.45, 7) is 17.2. The van der Waals surface area contributed by atoms with Crippen LogP contribution in [0.1, 0.15) is 119 Å². The van der Waals surface area contributed by atoms with E-state index in [0.717, 1.165) is 41.9 Å². The molecule has 30 heavy (non-hydrogen) atoms. The lowest BCUT2D eigenvalue weighted by atomic mass is 9.41. The third-order valence-electron chi connectivity index (χ3n) is 11.6. The third kappa shape index (κ3) is 3.44. The van der Waals surface area contributed by atoms with Crippen molar-refractivity contribution in [2.75, 3.05) is 0 Å². The van der Waals surface area contributed by atoms with Crippen molar-refractivity contribution >= 4 is 5.78 Å². The maximum absolute atomic E-state index is 12.8. The summed E-state index contributed by atoms with van der Waals surface area (Å²) < 4.78 is 0. The van der Waals surface area contributed by atoms with Gasteiger partial charge in [0.1, 0.15) is 5.78 Å². The molecule has 0 spiro atoms. The molecule has 0 aliphatic heterocycles. The second-order valence-corrected chi connectivity index (χ2v) is 13.7. The Morgan fingerprint density at radius 3 is 2.23 bits per heavy atom. The number of carbonyl (C=O) groups is 1. The van der Waals surface area contributed by atoms with E-state index in [1.165, 1.54) is 64.2 Å². The number of fused-ring (bicyclic) bond motifs is 5. The monoisotopic (exact) mass is 414 g/mol. The van der Waals surface area contributed by atoms with Crippen LogP contribution in [0.15, 0.2) is 0 Å². The highest BCUT2D eigenvalue weighted by Crippen LogP contribution is 2.69. The average Bonchev–Trinajstić information content (AvgIpc) is 3.02. The number of hydrogen-bond acceptors (Lipinski definition) is 1. The van der Waals surface area contributed by atoms with Gasteiger partial charge < -0.3 is 0 Å². The van der Waals surface area contributed by atoms with Gasteiger partial charge in [0.15, 0.2) is 0 Å². The van der Waals surface area contributed by atoms with Gasteiger partial charge in [-0.2, -0.15) is 0 Å². The van der Waals surface area contributed by atoms with Crippen molar-refractivity contribution in [3.05, 3.63) is 0 Å². The molecule has 172 valence electrons. The van der Waals surface area contributed by atoms with Crippen LogP contribution < -0.4 is 0 Å². The van der Waals surface area contributed by atoms with Crippen LogP contribution in [0.2, 0.25) is 0 Å². The Balaban J connectivity index is 1.51. The van der Waals surface area contributed by atoms with Gasteiger partial charge >= 0.3 is 0 Å². The molecule has 0 amide bonds. The van der Waals surface area contributed by atoms with Crippen LogP contribution in [0.25, 0.3) is 0 Å². The van der Waals surface area contributed by atoms with E-state index >= 15 is 0 Å². The molecule has 0 aromatic rings. The zero-order chi connectivity index (χ0) is 21.9. The molecular formula is C29H50O. The molecule has 1 unspecified atom stereocenters. The lowest BCUT2D eigenvalue weighted by molar-refractivity contribution is -0.165. The first-order valence-corrected chi connectivity index (χ1v) is 13.5. The summed E-state index contributed by atoms with van der Waals surface area (Å²) in [5.41, 5.74) is 0.895. The van der Waals surface area contributed by atoms with E-state index < -0.39 is 0 Å². The molecule has 0 aromatic heterocycles. The Morgan fingerprint density at radius 1 is 0.833 bits per heavy atom. The first kappa shape index (κ1) is 22.8. The molecule has 0 radical (unpaired) electrons. The first-order chi connectivity index (χ1) is 14.0. The molecule has 8 atom stereocenters. The summed E-state index contributed by atoms with van der Waals surface area (Å²) in [6, 6.07) is 0. The van der Waals surface area contributed by atoms with E-state index in [1.54, 1.807) is 0 Å². The van der Waals surface area contributed by atoms with E-state index in [4.69, 9.17) is 0 Å². The smallest absolute Gasteiger partial charge is 0.138 e. The maximum Gasteiger partial charge on any atom is 0.138 e. The number of carbonyl (C=O) groups excluding carboxylic acids is 1. The molecule has 4 aliphatic carbocycles. The maximum atomic E-state index is 12.8. The van der Waals surface area contributed by atoms with Crippen molar-refractivity contribution in [1.82, 2.24) is 0 Å². The molecule has 0 bridgehead atoms. The molecule has 4 aliphatic rings. The van der Waals surface area contributed by atoms with Gasteiger partial charge in [0.05, 0.1) is 0 Å². The Labute approximate surface area is 187 Å². The summed E-state index contributed by atoms with van der Waals surface area (Å²) in [7, 11) is 0. The molecule has 0 aromatic carbocycles. The third-order valence-corrected chi connectivity index (χ3v) is 11.6. The van der Waals surface area contributed by atoms with Crippen LogP contribution in [-0.4, -0.2) is 5.78 Å². The second-order valence-electron chi connectivity index (χ2n) is 13.7. The average molecular weight is 415 g/mol. The standard InChI is InChI=1S/C29H50O/c1-19(2)9-8-10-20(3)22-12-13-23-21-11-14-25-27(4,5)26(30)16-18-29(25,7)24(21)15-17-28(22,23)6/h19-25H,8-18H2,1-7H3/t20-,21+,22-,23+,24+,25?,28-,29-/m1/s1. The fourth-order valence-electron chi connectivity index (χ4n) is 9.92. The lowest BCUT2D eigenvalue weighted by Crippen LogP contribution is -2.58. The molecule has 0 N–H and O–H groups in total. The van der Waals surface area contributed by atoms with Gasteiger partial charge in [-0.3, -0.25) is 4.79 Å². The molecule has 4 saturated carbocycles. The molecular weight excluding hydrogens is 364 g/mol. The Hall–Kier alpha value is -0.330. The quantitative estimate of drug-likeness (QED) is 0.442. The first-order valence-electron chi connectivity index (χ1n) is 13.5. The highest BCUT2D eigenvalue weighted by Gasteiger charge is 2.63. The normalized spacial score (nSPS) is 46.3. The lowest BCUT2D eigenvalue weighted by Gasteiger charge is -2.63. The minimum absolute atomic E-state index is 0.0954. The van der Waals surface area contributed by atoms with Crippen LogP contribution >= 0.6 is 0 Å².